The molecular weight excluding hydrogens is 270 g/mol. The van der Waals surface area contributed by atoms with Crippen molar-refractivity contribution in [2.24, 2.45) is 5.73 Å². The van der Waals surface area contributed by atoms with Gasteiger partial charge >= 0.3 is 0 Å². The van der Waals surface area contributed by atoms with E-state index in [-0.39, 0.29) is 12.4 Å². The van der Waals surface area contributed by atoms with Crippen molar-refractivity contribution in [2.45, 2.75) is 11.3 Å². The average molecular weight is 283 g/mol. The minimum Gasteiger partial charge on any atom is -0.330 e. The topological polar surface area (TPSA) is 26.0 Å². The molecule has 0 spiro atoms. The van der Waals surface area contributed by atoms with Crippen LogP contribution in [0, 0.1) is 0 Å². The van der Waals surface area contributed by atoms with Crippen LogP contribution in [0.15, 0.2) is 27.6 Å². The Hall–Kier alpha value is 0.300. The van der Waals surface area contributed by atoms with Gasteiger partial charge in [0, 0.05) is 9.37 Å². The summed E-state index contributed by atoms with van der Waals surface area (Å²) in [6.07, 6.45) is 3.04. The van der Waals surface area contributed by atoms with Crippen molar-refractivity contribution in [2.75, 3.05) is 12.8 Å². The molecule has 1 rings (SSSR count). The van der Waals surface area contributed by atoms with Gasteiger partial charge in [-0.3, -0.25) is 0 Å². The summed E-state index contributed by atoms with van der Waals surface area (Å²) in [6.45, 7) is 0.712. The summed E-state index contributed by atoms with van der Waals surface area (Å²) < 4.78 is 1.17. The molecule has 4 heteroatoms. The molecule has 0 aliphatic rings. The predicted molar refractivity (Wildman–Crippen MR) is 65.9 cm³/mol. The second-order valence-electron chi connectivity index (χ2n) is 2.47. The molecule has 0 fully saturated rings. The lowest BCUT2D eigenvalue weighted by atomic mass is 10.1. The number of thioether (sulfide) groups is 1. The van der Waals surface area contributed by atoms with Gasteiger partial charge < -0.3 is 5.73 Å². The van der Waals surface area contributed by atoms with Gasteiger partial charge in [-0.1, -0.05) is 12.1 Å². The van der Waals surface area contributed by atoms with Crippen LogP contribution in [0.25, 0.3) is 0 Å². The van der Waals surface area contributed by atoms with Crippen LogP contribution >= 0.6 is 40.1 Å². The highest BCUT2D eigenvalue weighted by Crippen LogP contribution is 2.29. The van der Waals surface area contributed by atoms with Crippen LogP contribution in [0.5, 0.6) is 0 Å². The molecule has 13 heavy (non-hydrogen) atoms. The summed E-state index contributed by atoms with van der Waals surface area (Å²) in [5.74, 6) is 0. The first kappa shape index (κ1) is 13.3. The van der Waals surface area contributed by atoms with Crippen molar-refractivity contribution in [1.29, 1.82) is 0 Å². The molecule has 0 aliphatic heterocycles. The molecule has 1 aromatic rings. The summed E-state index contributed by atoms with van der Waals surface area (Å²) in [5, 5.41) is 0. The quantitative estimate of drug-likeness (QED) is 0.862. The zero-order valence-corrected chi connectivity index (χ0v) is 10.6. The lowest BCUT2D eigenvalue weighted by Gasteiger charge is -2.07. The first-order valence-electron chi connectivity index (χ1n) is 3.81. The Bertz CT molecular complexity index is 268. The molecule has 2 N–H and O–H groups in total. The van der Waals surface area contributed by atoms with Gasteiger partial charge in [0.25, 0.3) is 0 Å². The summed E-state index contributed by atoms with van der Waals surface area (Å²) in [4.78, 5) is 1.31. The van der Waals surface area contributed by atoms with Crippen molar-refractivity contribution in [3.8, 4) is 0 Å². The Morgan fingerprint density at radius 1 is 1.46 bits per heavy atom. The molecule has 0 amide bonds. The van der Waals surface area contributed by atoms with Crippen LogP contribution in [-0.2, 0) is 6.42 Å². The summed E-state index contributed by atoms with van der Waals surface area (Å²) >= 11 is 5.28. The molecule has 0 bridgehead atoms. The van der Waals surface area contributed by atoms with Gasteiger partial charge in [-0.2, -0.15) is 0 Å². The lowest BCUT2D eigenvalue weighted by molar-refractivity contribution is 0.942. The number of nitrogens with two attached hydrogens (primary N) is 1. The van der Waals surface area contributed by atoms with Crippen molar-refractivity contribution in [1.82, 2.24) is 0 Å². The fourth-order valence-corrected chi connectivity index (χ4v) is 2.72. The largest absolute Gasteiger partial charge is 0.330 e. The van der Waals surface area contributed by atoms with Gasteiger partial charge in [0.2, 0.25) is 0 Å². The first-order valence-corrected chi connectivity index (χ1v) is 5.82. The smallest absolute Gasteiger partial charge is 0.0313 e. The number of hydrogen-bond acceptors (Lipinski definition) is 2. The van der Waals surface area contributed by atoms with Crippen LogP contribution in [-0.4, -0.2) is 12.8 Å². The molecule has 0 heterocycles. The molecule has 0 aromatic heterocycles. The molecule has 0 saturated heterocycles. The second kappa shape index (κ2) is 6.71. The standard InChI is InChI=1S/C9H12BrNS.ClH/c1-12-9-7(5-6-11)3-2-4-8(9)10;/h2-4H,5-6,11H2,1H3;1H. The third-order valence-electron chi connectivity index (χ3n) is 1.67. The third-order valence-corrected chi connectivity index (χ3v) is 3.48. The number of halogens is 2. The average Bonchev–Trinajstić information content (AvgIpc) is 2.05. The van der Waals surface area contributed by atoms with E-state index in [1.165, 1.54) is 14.9 Å². The molecule has 0 atom stereocenters. The summed E-state index contributed by atoms with van der Waals surface area (Å²) in [7, 11) is 0. The van der Waals surface area contributed by atoms with Crippen LogP contribution in [0.3, 0.4) is 0 Å². The minimum atomic E-state index is 0. The van der Waals surface area contributed by atoms with E-state index in [1.54, 1.807) is 11.8 Å². The molecule has 74 valence electrons. The zero-order valence-electron chi connectivity index (χ0n) is 7.42. The highest BCUT2D eigenvalue weighted by Gasteiger charge is 2.03. The van der Waals surface area contributed by atoms with Gasteiger partial charge in [0.05, 0.1) is 0 Å². The SMILES string of the molecule is CSc1c(Br)cccc1CCN.Cl. The summed E-state index contributed by atoms with van der Waals surface area (Å²) in [5.41, 5.74) is 6.84. The summed E-state index contributed by atoms with van der Waals surface area (Å²) in [6, 6.07) is 6.24. The fraction of sp³-hybridized carbons (Fsp3) is 0.333. The Balaban J connectivity index is 0.00000144. The first-order chi connectivity index (χ1) is 5.79. The number of benzene rings is 1. The molecule has 0 unspecified atom stereocenters. The van der Waals surface area contributed by atoms with E-state index >= 15 is 0 Å². The van der Waals surface area contributed by atoms with E-state index in [1.807, 2.05) is 0 Å². The Kier molecular flexibility index (Phi) is 6.86. The highest BCUT2D eigenvalue weighted by atomic mass is 79.9. The van der Waals surface area contributed by atoms with Gasteiger partial charge in [-0.05, 0) is 46.8 Å². The highest BCUT2D eigenvalue weighted by molar-refractivity contribution is 9.10. The van der Waals surface area contributed by atoms with Crippen LogP contribution in [0.1, 0.15) is 5.56 Å². The molecule has 1 aromatic carbocycles. The monoisotopic (exact) mass is 281 g/mol. The van der Waals surface area contributed by atoms with E-state index in [0.717, 1.165) is 6.42 Å². The predicted octanol–water partition coefficient (Wildman–Crippen LogP) is 3.09. The van der Waals surface area contributed by atoms with Gasteiger partial charge in [0.15, 0.2) is 0 Å². The van der Waals surface area contributed by atoms with E-state index in [0.29, 0.717) is 6.54 Å². The Morgan fingerprint density at radius 3 is 2.69 bits per heavy atom. The fourth-order valence-electron chi connectivity index (χ4n) is 1.13. The van der Waals surface area contributed by atoms with Crippen LogP contribution in [0.2, 0.25) is 0 Å². The third kappa shape index (κ3) is 3.50. The van der Waals surface area contributed by atoms with Gasteiger partial charge in [-0.25, -0.2) is 0 Å². The number of rotatable bonds is 3. The van der Waals surface area contributed by atoms with Crippen LogP contribution < -0.4 is 5.73 Å². The lowest BCUT2D eigenvalue weighted by Crippen LogP contribution is -2.03. The molecule has 0 saturated carbocycles. The Morgan fingerprint density at radius 2 is 2.15 bits per heavy atom. The maximum Gasteiger partial charge on any atom is 0.0313 e. The van der Waals surface area contributed by atoms with Gasteiger partial charge in [-0.15, -0.1) is 24.2 Å². The van der Waals surface area contributed by atoms with Crippen molar-refractivity contribution < 1.29 is 0 Å². The molecular formula is C9H13BrClNS. The van der Waals surface area contributed by atoms with E-state index in [2.05, 4.69) is 40.4 Å². The molecule has 1 nitrogen and oxygen atoms in total. The molecule has 0 radical (unpaired) electrons. The van der Waals surface area contributed by atoms with E-state index in [9.17, 15) is 0 Å². The second-order valence-corrected chi connectivity index (χ2v) is 4.14. The normalized spacial score (nSPS) is 9.46. The Labute approximate surface area is 98.0 Å². The van der Waals surface area contributed by atoms with Crippen molar-refractivity contribution in [3.63, 3.8) is 0 Å². The van der Waals surface area contributed by atoms with Crippen LogP contribution in [0.4, 0.5) is 0 Å². The van der Waals surface area contributed by atoms with Gasteiger partial charge in [0.1, 0.15) is 0 Å². The van der Waals surface area contributed by atoms with Crippen molar-refractivity contribution >= 4 is 40.1 Å². The number of hydrogen-bond donors (Lipinski definition) is 1. The van der Waals surface area contributed by atoms with Crippen molar-refractivity contribution in [3.05, 3.63) is 28.2 Å². The maximum atomic E-state index is 5.51. The minimum absolute atomic E-state index is 0. The van der Waals surface area contributed by atoms with E-state index in [4.69, 9.17) is 5.73 Å². The maximum absolute atomic E-state index is 5.51. The van der Waals surface area contributed by atoms with E-state index < -0.39 is 0 Å². The zero-order chi connectivity index (χ0) is 8.97. The molecule has 0 aliphatic carbocycles.